The molecule has 0 saturated carbocycles. The van der Waals surface area contributed by atoms with Gasteiger partial charge < -0.3 is 10.1 Å². The fourth-order valence-electron chi connectivity index (χ4n) is 1.89. The number of methoxy groups -OCH3 is 1. The summed E-state index contributed by atoms with van der Waals surface area (Å²) in [7, 11) is 3.87. The summed E-state index contributed by atoms with van der Waals surface area (Å²) in [5.74, 6) is 0. The Bertz CT molecular complexity index is 384. The van der Waals surface area contributed by atoms with E-state index in [2.05, 4.69) is 65.2 Å². The predicted octanol–water partition coefficient (Wildman–Crippen LogP) is 3.03. The van der Waals surface area contributed by atoms with Crippen molar-refractivity contribution in [3.63, 3.8) is 0 Å². The van der Waals surface area contributed by atoms with Gasteiger partial charge in [-0.2, -0.15) is 0 Å². The van der Waals surface area contributed by atoms with E-state index in [1.54, 1.807) is 7.11 Å². The van der Waals surface area contributed by atoms with Crippen LogP contribution in [0.25, 0.3) is 0 Å². The third-order valence-electron chi connectivity index (χ3n) is 3.28. The first kappa shape index (κ1) is 16.6. The molecule has 1 unspecified atom stereocenters. The summed E-state index contributed by atoms with van der Waals surface area (Å²) in [5, 5.41) is 3.34. The van der Waals surface area contributed by atoms with Crippen LogP contribution in [0.15, 0.2) is 22.7 Å². The molecule has 3 nitrogen and oxygen atoms in total. The zero-order valence-corrected chi connectivity index (χ0v) is 14.0. The van der Waals surface area contributed by atoms with Gasteiger partial charge in [-0.05, 0) is 37.7 Å². The lowest BCUT2D eigenvalue weighted by molar-refractivity contribution is 0.112. The molecule has 0 aliphatic rings. The van der Waals surface area contributed by atoms with Crippen LogP contribution < -0.4 is 5.32 Å². The van der Waals surface area contributed by atoms with Gasteiger partial charge in [0.15, 0.2) is 0 Å². The van der Waals surface area contributed by atoms with Crippen LogP contribution >= 0.6 is 15.9 Å². The van der Waals surface area contributed by atoms with Crippen LogP contribution in [0.5, 0.6) is 0 Å². The van der Waals surface area contributed by atoms with Gasteiger partial charge in [-0.25, -0.2) is 0 Å². The van der Waals surface area contributed by atoms with E-state index < -0.39 is 0 Å². The molecule has 0 radical (unpaired) electrons. The SMILES string of the molecule is CCNCc1ccc(CN(C)C(C)COC)c(Br)c1. The van der Waals surface area contributed by atoms with Gasteiger partial charge in [-0.15, -0.1) is 0 Å². The molecule has 19 heavy (non-hydrogen) atoms. The molecule has 108 valence electrons. The Morgan fingerprint density at radius 1 is 1.42 bits per heavy atom. The van der Waals surface area contributed by atoms with Crippen LogP contribution in [0, 0.1) is 0 Å². The van der Waals surface area contributed by atoms with Crippen molar-refractivity contribution in [1.82, 2.24) is 10.2 Å². The lowest BCUT2D eigenvalue weighted by Gasteiger charge is -2.24. The van der Waals surface area contributed by atoms with Gasteiger partial charge in [-0.3, -0.25) is 4.90 Å². The van der Waals surface area contributed by atoms with Crippen LogP contribution in [-0.4, -0.2) is 38.3 Å². The average molecular weight is 329 g/mol. The third-order valence-corrected chi connectivity index (χ3v) is 4.01. The van der Waals surface area contributed by atoms with Crippen molar-refractivity contribution >= 4 is 15.9 Å². The smallest absolute Gasteiger partial charge is 0.0615 e. The van der Waals surface area contributed by atoms with Gasteiger partial charge in [0.05, 0.1) is 6.61 Å². The first-order chi connectivity index (χ1) is 9.08. The van der Waals surface area contributed by atoms with Gasteiger partial charge in [0.2, 0.25) is 0 Å². The zero-order valence-electron chi connectivity index (χ0n) is 12.4. The minimum absolute atomic E-state index is 0.415. The number of halogens is 1. The number of hydrogen-bond acceptors (Lipinski definition) is 3. The van der Waals surface area contributed by atoms with Gasteiger partial charge in [0, 0.05) is 30.7 Å². The number of benzene rings is 1. The number of rotatable bonds is 8. The van der Waals surface area contributed by atoms with Crippen molar-refractivity contribution < 1.29 is 4.74 Å². The van der Waals surface area contributed by atoms with Crippen molar-refractivity contribution in [3.05, 3.63) is 33.8 Å². The quantitative estimate of drug-likeness (QED) is 0.793. The van der Waals surface area contributed by atoms with Gasteiger partial charge >= 0.3 is 0 Å². The first-order valence-electron chi connectivity index (χ1n) is 6.75. The summed E-state index contributed by atoms with van der Waals surface area (Å²) < 4.78 is 6.37. The Labute approximate surface area is 125 Å². The molecule has 0 heterocycles. The first-order valence-corrected chi connectivity index (χ1v) is 7.55. The van der Waals surface area contributed by atoms with E-state index in [9.17, 15) is 0 Å². The van der Waals surface area contributed by atoms with Crippen molar-refractivity contribution in [2.75, 3.05) is 27.3 Å². The molecular weight excluding hydrogens is 304 g/mol. The molecule has 0 amide bonds. The van der Waals surface area contributed by atoms with E-state index in [1.807, 2.05) is 0 Å². The highest BCUT2D eigenvalue weighted by Gasteiger charge is 2.11. The van der Waals surface area contributed by atoms with E-state index >= 15 is 0 Å². The number of nitrogens with zero attached hydrogens (tertiary/aromatic N) is 1. The normalized spacial score (nSPS) is 12.9. The van der Waals surface area contributed by atoms with E-state index in [0.717, 1.165) is 26.2 Å². The molecule has 0 fully saturated rings. The number of likely N-dealkylation sites (N-methyl/N-ethyl adjacent to an activating group) is 1. The second-order valence-electron chi connectivity index (χ2n) is 4.93. The Kier molecular flexibility index (Phi) is 7.61. The van der Waals surface area contributed by atoms with E-state index in [0.29, 0.717) is 6.04 Å². The maximum Gasteiger partial charge on any atom is 0.0615 e. The molecule has 0 saturated heterocycles. The third kappa shape index (κ3) is 5.61. The standard InChI is InChI=1S/C15H25BrN2O/c1-5-17-9-13-6-7-14(15(16)8-13)10-18(3)12(2)11-19-4/h6-8,12,17H,5,9-11H2,1-4H3. The number of hydrogen-bond donors (Lipinski definition) is 1. The minimum atomic E-state index is 0.415. The van der Waals surface area contributed by atoms with Crippen molar-refractivity contribution in [1.29, 1.82) is 0 Å². The minimum Gasteiger partial charge on any atom is -0.383 e. The Balaban J connectivity index is 2.63. The van der Waals surface area contributed by atoms with Gasteiger partial charge in [-0.1, -0.05) is 35.0 Å². The molecule has 1 atom stereocenters. The van der Waals surface area contributed by atoms with E-state index in [1.165, 1.54) is 15.6 Å². The van der Waals surface area contributed by atoms with Crippen LogP contribution in [0.2, 0.25) is 0 Å². The summed E-state index contributed by atoms with van der Waals surface area (Å²) in [4.78, 5) is 2.30. The molecule has 0 aliphatic heterocycles. The fraction of sp³-hybridized carbons (Fsp3) is 0.600. The summed E-state index contributed by atoms with van der Waals surface area (Å²) in [5.41, 5.74) is 2.62. The summed E-state index contributed by atoms with van der Waals surface area (Å²) in [6.45, 7) is 7.90. The maximum absolute atomic E-state index is 5.19. The van der Waals surface area contributed by atoms with Crippen molar-refractivity contribution in [2.24, 2.45) is 0 Å². The van der Waals surface area contributed by atoms with Crippen LogP contribution in [-0.2, 0) is 17.8 Å². The van der Waals surface area contributed by atoms with Crippen LogP contribution in [0.1, 0.15) is 25.0 Å². The van der Waals surface area contributed by atoms with Crippen LogP contribution in [0.3, 0.4) is 0 Å². The molecule has 1 aromatic carbocycles. The molecule has 4 heteroatoms. The fourth-order valence-corrected chi connectivity index (χ4v) is 2.44. The molecule has 1 N–H and O–H groups in total. The second kappa shape index (κ2) is 8.69. The highest BCUT2D eigenvalue weighted by atomic mass is 79.9. The van der Waals surface area contributed by atoms with Crippen LogP contribution in [0.4, 0.5) is 0 Å². The lowest BCUT2D eigenvalue weighted by Crippen LogP contribution is -2.32. The predicted molar refractivity (Wildman–Crippen MR) is 84.3 cm³/mol. The topological polar surface area (TPSA) is 24.5 Å². The Morgan fingerprint density at radius 2 is 2.16 bits per heavy atom. The Hall–Kier alpha value is -0.420. The highest BCUT2D eigenvalue weighted by Crippen LogP contribution is 2.20. The van der Waals surface area contributed by atoms with Gasteiger partial charge in [0.1, 0.15) is 0 Å². The highest BCUT2D eigenvalue weighted by molar-refractivity contribution is 9.10. The molecule has 0 aromatic heterocycles. The molecule has 0 bridgehead atoms. The summed E-state index contributed by atoms with van der Waals surface area (Å²) in [6, 6.07) is 7.01. The van der Waals surface area contributed by atoms with E-state index in [4.69, 9.17) is 4.74 Å². The summed E-state index contributed by atoms with van der Waals surface area (Å²) >= 11 is 3.67. The molecule has 1 aromatic rings. The van der Waals surface area contributed by atoms with Gasteiger partial charge in [0.25, 0.3) is 0 Å². The largest absolute Gasteiger partial charge is 0.383 e. The average Bonchev–Trinajstić information content (AvgIpc) is 2.39. The molecular formula is C15H25BrN2O. The molecule has 1 rings (SSSR count). The lowest BCUT2D eigenvalue weighted by atomic mass is 10.1. The summed E-state index contributed by atoms with van der Waals surface area (Å²) in [6.07, 6.45) is 0. The van der Waals surface area contributed by atoms with Crippen molar-refractivity contribution in [2.45, 2.75) is 33.0 Å². The number of ether oxygens (including phenoxy) is 1. The Morgan fingerprint density at radius 3 is 2.74 bits per heavy atom. The van der Waals surface area contributed by atoms with E-state index in [-0.39, 0.29) is 0 Å². The molecule has 0 spiro atoms. The second-order valence-corrected chi connectivity index (χ2v) is 5.78. The maximum atomic E-state index is 5.19. The number of nitrogens with one attached hydrogen (secondary N) is 1. The van der Waals surface area contributed by atoms with Crippen molar-refractivity contribution in [3.8, 4) is 0 Å². The molecule has 0 aliphatic carbocycles. The monoisotopic (exact) mass is 328 g/mol. The zero-order chi connectivity index (χ0) is 14.3.